The van der Waals surface area contributed by atoms with Crippen LogP contribution in [0.3, 0.4) is 0 Å². The predicted octanol–water partition coefficient (Wildman–Crippen LogP) is 0.369. The molecule has 0 amide bonds. The molecule has 6 N–H and O–H groups in total. The maximum atomic E-state index is 13.1. The SMILES string of the molecule is Cn1cccc1CNCC1CCN(S(=O)(=O)c2ccc(C3(N)N=C(N)C=CN3)cc2)C1. The molecule has 0 radical (unpaired) electrons. The molecule has 1 saturated heterocycles. The van der Waals surface area contributed by atoms with Crippen molar-refractivity contribution in [3.8, 4) is 0 Å². The second-order valence-corrected chi connectivity index (χ2v) is 10.0. The molecule has 31 heavy (non-hydrogen) atoms. The molecule has 2 aromatic rings. The van der Waals surface area contributed by atoms with Crippen LogP contribution in [0.1, 0.15) is 17.7 Å². The zero-order valence-electron chi connectivity index (χ0n) is 17.5. The fourth-order valence-corrected chi connectivity index (χ4v) is 5.50. The summed E-state index contributed by atoms with van der Waals surface area (Å²) in [4.78, 5) is 4.47. The Morgan fingerprint density at radius 2 is 2.06 bits per heavy atom. The van der Waals surface area contributed by atoms with Gasteiger partial charge in [-0.1, -0.05) is 12.1 Å². The molecule has 1 aromatic carbocycles. The van der Waals surface area contributed by atoms with Gasteiger partial charge in [0.2, 0.25) is 15.8 Å². The zero-order chi connectivity index (χ0) is 22.1. The molecule has 2 atom stereocenters. The molecule has 166 valence electrons. The van der Waals surface area contributed by atoms with Crippen molar-refractivity contribution in [2.24, 2.45) is 29.4 Å². The maximum absolute atomic E-state index is 13.1. The van der Waals surface area contributed by atoms with Crippen molar-refractivity contribution >= 4 is 15.9 Å². The van der Waals surface area contributed by atoms with E-state index in [1.807, 2.05) is 19.3 Å². The first-order valence-corrected chi connectivity index (χ1v) is 11.7. The average Bonchev–Trinajstić information content (AvgIpc) is 3.38. The zero-order valence-corrected chi connectivity index (χ0v) is 18.3. The summed E-state index contributed by atoms with van der Waals surface area (Å²) in [5.41, 5.74) is 13.8. The molecule has 1 fully saturated rings. The Hall–Kier alpha value is -2.66. The molecule has 2 unspecified atom stereocenters. The van der Waals surface area contributed by atoms with Gasteiger partial charge in [-0.2, -0.15) is 4.31 Å². The van der Waals surface area contributed by atoms with Crippen LogP contribution in [0.25, 0.3) is 0 Å². The van der Waals surface area contributed by atoms with Gasteiger partial charge in [0.05, 0.1) is 4.90 Å². The van der Waals surface area contributed by atoms with Gasteiger partial charge in [0.15, 0.2) is 0 Å². The first-order valence-electron chi connectivity index (χ1n) is 10.3. The van der Waals surface area contributed by atoms with E-state index in [-0.39, 0.29) is 10.8 Å². The average molecular weight is 444 g/mol. The highest BCUT2D eigenvalue weighted by Crippen LogP contribution is 2.26. The van der Waals surface area contributed by atoms with Crippen LogP contribution in [-0.4, -0.2) is 42.8 Å². The normalized spacial score (nSPS) is 24.2. The van der Waals surface area contributed by atoms with Crippen LogP contribution in [0.5, 0.6) is 0 Å². The third-order valence-corrected chi connectivity index (χ3v) is 7.71. The fourth-order valence-electron chi connectivity index (χ4n) is 3.97. The third-order valence-electron chi connectivity index (χ3n) is 5.83. The lowest BCUT2D eigenvalue weighted by molar-refractivity contribution is 0.409. The van der Waals surface area contributed by atoms with Crippen LogP contribution in [0.2, 0.25) is 0 Å². The van der Waals surface area contributed by atoms with Gasteiger partial charge in [-0.15, -0.1) is 0 Å². The number of hydrogen-bond acceptors (Lipinski definition) is 7. The molecule has 2 aliphatic rings. The summed E-state index contributed by atoms with van der Waals surface area (Å²) in [6.07, 6.45) is 6.10. The number of hydrogen-bond donors (Lipinski definition) is 4. The molecule has 0 aliphatic carbocycles. The Morgan fingerprint density at radius 1 is 1.29 bits per heavy atom. The predicted molar refractivity (Wildman–Crippen MR) is 120 cm³/mol. The molecule has 3 heterocycles. The highest BCUT2D eigenvalue weighted by atomic mass is 32.2. The second-order valence-electron chi connectivity index (χ2n) is 8.06. The molecule has 1 aromatic heterocycles. The topological polar surface area (TPSA) is 131 Å². The Balaban J connectivity index is 1.37. The number of benzene rings is 1. The smallest absolute Gasteiger partial charge is 0.243 e. The van der Waals surface area contributed by atoms with Crippen LogP contribution in [0, 0.1) is 5.92 Å². The number of nitrogens with zero attached hydrogens (tertiary/aromatic N) is 3. The Kier molecular flexibility index (Phi) is 5.89. The van der Waals surface area contributed by atoms with E-state index >= 15 is 0 Å². The van der Waals surface area contributed by atoms with E-state index < -0.39 is 15.8 Å². The number of aryl methyl sites for hydroxylation is 1. The highest BCUT2D eigenvalue weighted by molar-refractivity contribution is 7.89. The molecular formula is C21H29N7O2S. The van der Waals surface area contributed by atoms with Gasteiger partial charge in [0, 0.05) is 50.3 Å². The molecule has 10 heteroatoms. The van der Waals surface area contributed by atoms with Crippen molar-refractivity contribution in [3.63, 3.8) is 0 Å². The molecular weight excluding hydrogens is 414 g/mol. The summed E-state index contributed by atoms with van der Waals surface area (Å²) >= 11 is 0. The number of aliphatic imine (C=N–C) groups is 1. The van der Waals surface area contributed by atoms with Gasteiger partial charge < -0.3 is 20.9 Å². The van der Waals surface area contributed by atoms with E-state index in [0.717, 1.165) is 19.5 Å². The summed E-state index contributed by atoms with van der Waals surface area (Å²) in [7, 11) is -1.54. The molecule has 4 rings (SSSR count). The van der Waals surface area contributed by atoms with E-state index in [4.69, 9.17) is 11.5 Å². The lowest BCUT2D eigenvalue weighted by atomic mass is 10.1. The van der Waals surface area contributed by atoms with Gasteiger partial charge >= 0.3 is 0 Å². The third kappa shape index (κ3) is 4.52. The van der Waals surface area contributed by atoms with Gasteiger partial charge in [-0.05, 0) is 49.2 Å². The van der Waals surface area contributed by atoms with E-state index in [9.17, 15) is 8.42 Å². The second kappa shape index (κ2) is 8.46. The first-order chi connectivity index (χ1) is 14.8. The molecule has 0 bridgehead atoms. The summed E-state index contributed by atoms with van der Waals surface area (Å²) in [6.45, 7) is 2.59. The lowest BCUT2D eigenvalue weighted by Gasteiger charge is -2.29. The van der Waals surface area contributed by atoms with Crippen molar-refractivity contribution in [1.82, 2.24) is 19.5 Å². The van der Waals surface area contributed by atoms with Crippen LogP contribution in [0.15, 0.2) is 64.8 Å². The van der Waals surface area contributed by atoms with E-state index in [1.54, 1.807) is 40.8 Å². The summed E-state index contributed by atoms with van der Waals surface area (Å²) < 4.78 is 29.8. The number of sulfonamides is 1. The van der Waals surface area contributed by atoms with Crippen LogP contribution in [0.4, 0.5) is 0 Å². The fraction of sp³-hybridized carbons (Fsp3) is 0.381. The number of nitrogens with one attached hydrogen (secondary N) is 2. The van der Waals surface area contributed by atoms with Crippen LogP contribution in [-0.2, 0) is 29.4 Å². The van der Waals surface area contributed by atoms with Crippen molar-refractivity contribution in [1.29, 1.82) is 0 Å². The Bertz CT molecular complexity index is 1090. The summed E-state index contributed by atoms with van der Waals surface area (Å²) in [5.74, 6) is -0.608. The van der Waals surface area contributed by atoms with Crippen molar-refractivity contribution in [3.05, 3.63) is 66.1 Å². The van der Waals surface area contributed by atoms with Crippen LogP contribution >= 0.6 is 0 Å². The highest BCUT2D eigenvalue weighted by Gasteiger charge is 2.33. The van der Waals surface area contributed by atoms with E-state index in [0.29, 0.717) is 24.5 Å². The quantitative estimate of drug-likeness (QED) is 0.489. The Labute approximate surface area is 182 Å². The monoisotopic (exact) mass is 443 g/mol. The lowest BCUT2D eigenvalue weighted by Crippen LogP contribution is -2.49. The first kappa shape index (κ1) is 21.6. The minimum atomic E-state index is -3.56. The summed E-state index contributed by atoms with van der Waals surface area (Å²) in [6, 6.07) is 10.6. The molecule has 0 spiro atoms. The van der Waals surface area contributed by atoms with Gasteiger partial charge in [-0.3, -0.25) is 5.73 Å². The minimum Gasteiger partial charge on any atom is -0.384 e. The van der Waals surface area contributed by atoms with Gasteiger partial charge in [0.25, 0.3) is 0 Å². The van der Waals surface area contributed by atoms with E-state index in [2.05, 4.69) is 26.3 Å². The van der Waals surface area contributed by atoms with Crippen LogP contribution < -0.4 is 22.1 Å². The van der Waals surface area contributed by atoms with E-state index in [1.165, 1.54) is 5.69 Å². The minimum absolute atomic E-state index is 0.251. The maximum Gasteiger partial charge on any atom is 0.243 e. The largest absolute Gasteiger partial charge is 0.384 e. The number of nitrogens with two attached hydrogens (primary N) is 2. The van der Waals surface area contributed by atoms with Gasteiger partial charge in [0.1, 0.15) is 5.84 Å². The van der Waals surface area contributed by atoms with Gasteiger partial charge in [-0.25, -0.2) is 13.4 Å². The number of aromatic nitrogens is 1. The standard InChI is InChI=1S/C21H29N7O2S/c1-27-11-2-3-18(27)14-24-13-16-9-12-28(15-16)31(29,30)19-6-4-17(5-7-19)21(23)25-10-8-20(22)26-21/h2-8,10-11,16,24-25H,9,12-15,23H2,1H3,(H2,22,26). The van der Waals surface area contributed by atoms with Crippen molar-refractivity contribution in [2.75, 3.05) is 19.6 Å². The number of amidine groups is 1. The summed E-state index contributed by atoms with van der Waals surface area (Å²) in [5, 5.41) is 6.40. The molecule has 2 aliphatic heterocycles. The molecule has 9 nitrogen and oxygen atoms in total. The molecule has 0 saturated carbocycles. The Morgan fingerprint density at radius 3 is 2.74 bits per heavy atom. The van der Waals surface area contributed by atoms with Crippen molar-refractivity contribution in [2.45, 2.75) is 23.6 Å². The number of rotatable bonds is 7. The van der Waals surface area contributed by atoms with Crippen molar-refractivity contribution < 1.29 is 8.42 Å².